The molecule has 0 saturated carbocycles. The monoisotopic (exact) mass is 324 g/mol. The molecular formula is C15H20N2O4S. The number of ether oxygens (including phenoxy) is 1. The minimum Gasteiger partial charge on any atom is -0.502 e. The third-order valence-corrected chi connectivity index (χ3v) is 3.51. The molecule has 0 saturated heterocycles. The molecule has 6 nitrogen and oxygen atoms in total. The molecule has 0 unspecified atom stereocenters. The lowest BCUT2D eigenvalue weighted by molar-refractivity contribution is -0.138. The van der Waals surface area contributed by atoms with Gasteiger partial charge in [-0.05, 0) is 49.2 Å². The molecule has 120 valence electrons. The van der Waals surface area contributed by atoms with E-state index in [0.29, 0.717) is 12.2 Å². The molecule has 0 heterocycles. The molecule has 22 heavy (non-hydrogen) atoms. The largest absolute Gasteiger partial charge is 0.502 e. The number of hydrogen-bond acceptors (Lipinski definition) is 5. The summed E-state index contributed by atoms with van der Waals surface area (Å²) in [6.07, 6.45) is 1.74. The fourth-order valence-electron chi connectivity index (χ4n) is 1.44. The van der Waals surface area contributed by atoms with E-state index >= 15 is 0 Å². The van der Waals surface area contributed by atoms with Crippen molar-refractivity contribution in [3.8, 4) is 0 Å². The van der Waals surface area contributed by atoms with Gasteiger partial charge in [-0.1, -0.05) is 0 Å². The quantitative estimate of drug-likeness (QED) is 0.368. The van der Waals surface area contributed by atoms with E-state index in [-0.39, 0.29) is 18.7 Å². The number of methoxy groups -OCH3 is 1. The van der Waals surface area contributed by atoms with Gasteiger partial charge in [0.25, 0.3) is 0 Å². The maximum Gasteiger partial charge on any atom is 0.303 e. The van der Waals surface area contributed by atoms with Gasteiger partial charge in [0.05, 0.1) is 19.3 Å². The highest BCUT2D eigenvalue weighted by molar-refractivity contribution is 7.97. The number of carbonyl (C=O) groups is 2. The Balaban J connectivity index is 2.36. The summed E-state index contributed by atoms with van der Waals surface area (Å²) < 4.78 is 8.19. The summed E-state index contributed by atoms with van der Waals surface area (Å²) in [5.41, 5.74) is 0.648. The highest BCUT2D eigenvalue weighted by atomic mass is 32.2. The lowest BCUT2D eigenvalue weighted by atomic mass is 10.2. The van der Waals surface area contributed by atoms with E-state index in [0.717, 1.165) is 10.7 Å². The summed E-state index contributed by atoms with van der Waals surface area (Å²) >= 11 is 1.47. The van der Waals surface area contributed by atoms with Crippen LogP contribution in [0.1, 0.15) is 19.8 Å². The van der Waals surface area contributed by atoms with Crippen molar-refractivity contribution in [2.24, 2.45) is 0 Å². The molecule has 0 aliphatic carbocycles. The van der Waals surface area contributed by atoms with Crippen molar-refractivity contribution in [2.75, 3.05) is 19.0 Å². The van der Waals surface area contributed by atoms with Crippen LogP contribution in [0.5, 0.6) is 0 Å². The van der Waals surface area contributed by atoms with E-state index in [9.17, 15) is 9.59 Å². The zero-order valence-corrected chi connectivity index (χ0v) is 13.4. The first-order valence-electron chi connectivity index (χ1n) is 6.73. The van der Waals surface area contributed by atoms with Crippen molar-refractivity contribution >= 4 is 29.5 Å². The van der Waals surface area contributed by atoms with Crippen LogP contribution in [0.2, 0.25) is 0 Å². The van der Waals surface area contributed by atoms with Gasteiger partial charge < -0.3 is 15.2 Å². The van der Waals surface area contributed by atoms with E-state index in [2.05, 4.69) is 10.0 Å². The summed E-state index contributed by atoms with van der Waals surface area (Å²) in [4.78, 5) is 22.9. The lowest BCUT2D eigenvalue weighted by Gasteiger charge is -2.06. The van der Waals surface area contributed by atoms with Gasteiger partial charge in [0.1, 0.15) is 0 Å². The van der Waals surface area contributed by atoms with E-state index in [1.54, 1.807) is 19.2 Å². The van der Waals surface area contributed by atoms with Crippen molar-refractivity contribution in [3.63, 3.8) is 0 Å². The molecule has 3 N–H and O–H groups in total. The normalized spacial score (nSPS) is 11.1. The Morgan fingerprint density at radius 2 is 1.95 bits per heavy atom. The van der Waals surface area contributed by atoms with Crippen molar-refractivity contribution in [3.05, 3.63) is 36.1 Å². The van der Waals surface area contributed by atoms with Gasteiger partial charge in [0.2, 0.25) is 5.91 Å². The molecule has 1 amide bonds. The molecule has 0 spiro atoms. The van der Waals surface area contributed by atoms with Crippen LogP contribution in [-0.2, 0) is 14.3 Å². The first-order chi connectivity index (χ1) is 10.5. The maximum absolute atomic E-state index is 11.5. The fraction of sp³-hybridized carbons (Fsp3) is 0.333. The average molecular weight is 324 g/mol. The zero-order valence-electron chi connectivity index (χ0n) is 12.6. The third-order valence-electron chi connectivity index (χ3n) is 2.69. The Morgan fingerprint density at radius 1 is 1.27 bits per heavy atom. The van der Waals surface area contributed by atoms with Crippen LogP contribution < -0.4 is 10.0 Å². The summed E-state index contributed by atoms with van der Waals surface area (Å²) in [5.74, 6) is -0.431. The van der Waals surface area contributed by atoms with Crippen molar-refractivity contribution in [2.45, 2.75) is 24.7 Å². The molecule has 0 aromatic heterocycles. The number of anilines is 1. The number of nitrogens with one attached hydrogen (secondary N) is 2. The standard InChI is InChI=1S/C15H20N2O4S/c1-11(21-2)9-10-16-22-13-5-3-12(4-6-13)17-14(18)7-8-15(19)20/h3-6,9,16H,7-8,10H2,1-2H3,(H,17,18)(H,19,20)/b11-9-. The Hall–Kier alpha value is -1.99. The van der Waals surface area contributed by atoms with Crippen LogP contribution in [0.3, 0.4) is 0 Å². The van der Waals surface area contributed by atoms with Crippen LogP contribution >= 0.6 is 11.9 Å². The van der Waals surface area contributed by atoms with Gasteiger partial charge in [0, 0.05) is 23.5 Å². The molecule has 0 atom stereocenters. The Kier molecular flexibility index (Phi) is 8.09. The lowest BCUT2D eigenvalue weighted by Crippen LogP contribution is -2.13. The van der Waals surface area contributed by atoms with Gasteiger partial charge in [-0.3, -0.25) is 14.3 Å². The number of hydrogen-bond donors (Lipinski definition) is 3. The second-order valence-electron chi connectivity index (χ2n) is 4.44. The van der Waals surface area contributed by atoms with Crippen LogP contribution in [0, 0.1) is 0 Å². The van der Waals surface area contributed by atoms with E-state index < -0.39 is 5.97 Å². The Morgan fingerprint density at radius 3 is 2.55 bits per heavy atom. The highest BCUT2D eigenvalue weighted by Gasteiger charge is 2.05. The summed E-state index contributed by atoms with van der Waals surface area (Å²) in [6, 6.07) is 7.30. The minimum atomic E-state index is -0.981. The number of benzene rings is 1. The highest BCUT2D eigenvalue weighted by Crippen LogP contribution is 2.18. The second-order valence-corrected chi connectivity index (χ2v) is 5.40. The number of aliphatic carboxylic acids is 1. The molecule has 0 fully saturated rings. The van der Waals surface area contributed by atoms with Crippen LogP contribution in [-0.4, -0.2) is 30.6 Å². The van der Waals surface area contributed by atoms with E-state index in [4.69, 9.17) is 9.84 Å². The molecule has 1 aromatic rings. The number of carboxylic acids is 1. The molecule has 1 rings (SSSR count). The van der Waals surface area contributed by atoms with E-state index in [1.165, 1.54) is 11.9 Å². The fourth-order valence-corrected chi connectivity index (χ4v) is 2.05. The smallest absolute Gasteiger partial charge is 0.303 e. The van der Waals surface area contributed by atoms with Crippen molar-refractivity contribution in [1.82, 2.24) is 4.72 Å². The predicted molar refractivity (Wildman–Crippen MR) is 86.6 cm³/mol. The molecule has 0 radical (unpaired) electrons. The van der Waals surface area contributed by atoms with Gasteiger partial charge in [0.15, 0.2) is 0 Å². The summed E-state index contributed by atoms with van der Waals surface area (Å²) in [5, 5.41) is 11.2. The second kappa shape index (κ2) is 9.86. The van der Waals surface area contributed by atoms with Crippen molar-refractivity contribution in [1.29, 1.82) is 0 Å². The number of rotatable bonds is 9. The predicted octanol–water partition coefficient (Wildman–Crippen LogP) is 2.64. The zero-order chi connectivity index (χ0) is 16.4. The van der Waals surface area contributed by atoms with Crippen LogP contribution in [0.15, 0.2) is 41.0 Å². The maximum atomic E-state index is 11.5. The summed E-state index contributed by atoms with van der Waals surface area (Å²) in [6.45, 7) is 2.56. The van der Waals surface area contributed by atoms with Gasteiger partial charge in [-0.15, -0.1) is 0 Å². The number of carbonyl (C=O) groups excluding carboxylic acids is 1. The van der Waals surface area contributed by atoms with Gasteiger partial charge in [-0.25, -0.2) is 0 Å². The number of carboxylic acid groups (broad SMARTS) is 1. The van der Waals surface area contributed by atoms with Crippen molar-refractivity contribution < 1.29 is 19.4 Å². The molecule has 7 heteroatoms. The Bertz CT molecular complexity index is 529. The first kappa shape index (κ1) is 18.1. The first-order valence-corrected chi connectivity index (χ1v) is 7.55. The number of amides is 1. The average Bonchev–Trinajstić information content (AvgIpc) is 2.50. The van der Waals surface area contributed by atoms with Gasteiger partial charge >= 0.3 is 5.97 Å². The van der Waals surface area contributed by atoms with Gasteiger partial charge in [-0.2, -0.15) is 0 Å². The number of allylic oxidation sites excluding steroid dienone is 1. The molecule has 0 bridgehead atoms. The molecular weight excluding hydrogens is 304 g/mol. The molecule has 0 aliphatic heterocycles. The van der Waals surface area contributed by atoms with E-state index in [1.807, 2.05) is 25.1 Å². The van der Waals surface area contributed by atoms with Crippen LogP contribution in [0.4, 0.5) is 5.69 Å². The third kappa shape index (κ3) is 7.70. The summed E-state index contributed by atoms with van der Waals surface area (Å²) in [7, 11) is 1.63. The molecule has 0 aliphatic rings. The molecule has 1 aromatic carbocycles. The minimum absolute atomic E-state index is 0.0292. The topological polar surface area (TPSA) is 87.7 Å². The van der Waals surface area contributed by atoms with Crippen LogP contribution in [0.25, 0.3) is 0 Å². The SMILES string of the molecule is CO/C(C)=C\CNSc1ccc(NC(=O)CCC(=O)O)cc1. The Labute approximate surface area is 134 Å².